The molecule has 1 aromatic carbocycles. The van der Waals surface area contributed by atoms with Crippen LogP contribution in [-0.4, -0.2) is 24.9 Å². The van der Waals surface area contributed by atoms with E-state index in [9.17, 15) is 9.59 Å². The lowest BCUT2D eigenvalue weighted by Crippen LogP contribution is -2.87. The number of nitrogens with one attached hydrogen (secondary N) is 1. The first-order valence-corrected chi connectivity index (χ1v) is 9.34. The summed E-state index contributed by atoms with van der Waals surface area (Å²) in [5.74, 6) is -0.111. The van der Waals surface area contributed by atoms with Crippen LogP contribution in [-0.2, 0) is 16.0 Å². The summed E-state index contributed by atoms with van der Waals surface area (Å²) in [6, 6.07) is 12.8. The van der Waals surface area contributed by atoms with Gasteiger partial charge in [0.05, 0.1) is 11.4 Å². The van der Waals surface area contributed by atoms with Crippen LogP contribution in [0, 0.1) is 5.92 Å². The Labute approximate surface area is 152 Å². The van der Waals surface area contributed by atoms with Crippen molar-refractivity contribution < 1.29 is 14.9 Å². The number of hydrogen-bond donors (Lipinski definition) is 3. The molecule has 0 saturated carbocycles. The van der Waals surface area contributed by atoms with Crippen LogP contribution >= 0.6 is 11.3 Å². The van der Waals surface area contributed by atoms with Crippen molar-refractivity contribution in [3.05, 3.63) is 57.8 Å². The normalized spacial score (nSPS) is 12.1. The Hall–Kier alpha value is -2.18. The average molecular weight is 361 g/mol. The van der Waals surface area contributed by atoms with E-state index in [1.54, 1.807) is 11.3 Å². The Morgan fingerprint density at radius 1 is 1.20 bits per heavy atom. The highest BCUT2D eigenvalue weighted by Gasteiger charge is 2.20. The summed E-state index contributed by atoms with van der Waals surface area (Å²) < 4.78 is 0. The van der Waals surface area contributed by atoms with Gasteiger partial charge in [0.15, 0.2) is 6.54 Å². The van der Waals surface area contributed by atoms with Gasteiger partial charge in [-0.1, -0.05) is 44.2 Å². The van der Waals surface area contributed by atoms with E-state index in [1.807, 2.05) is 16.8 Å². The van der Waals surface area contributed by atoms with Crippen molar-refractivity contribution in [2.24, 2.45) is 11.7 Å². The fourth-order valence-electron chi connectivity index (χ4n) is 2.70. The van der Waals surface area contributed by atoms with Gasteiger partial charge in [0, 0.05) is 5.56 Å². The lowest BCUT2D eigenvalue weighted by molar-refractivity contribution is -0.676. The molecule has 25 heavy (non-hydrogen) atoms. The van der Waals surface area contributed by atoms with Gasteiger partial charge < -0.3 is 16.4 Å². The number of benzene rings is 1. The van der Waals surface area contributed by atoms with Crippen LogP contribution in [0.2, 0.25) is 0 Å². The summed E-state index contributed by atoms with van der Waals surface area (Å²) in [5, 5.41) is 6.55. The minimum absolute atomic E-state index is 0.0624. The second-order valence-corrected chi connectivity index (χ2v) is 7.49. The van der Waals surface area contributed by atoms with Crippen molar-refractivity contribution in [1.82, 2.24) is 5.32 Å². The van der Waals surface area contributed by atoms with E-state index < -0.39 is 5.91 Å². The second kappa shape index (κ2) is 9.34. The predicted molar refractivity (Wildman–Crippen MR) is 100 cm³/mol. The summed E-state index contributed by atoms with van der Waals surface area (Å²) in [5.41, 5.74) is 7.54. The molecule has 5 nitrogen and oxygen atoms in total. The Morgan fingerprint density at radius 2 is 1.92 bits per heavy atom. The van der Waals surface area contributed by atoms with Crippen LogP contribution in [0.1, 0.15) is 35.9 Å². The highest BCUT2D eigenvalue weighted by molar-refractivity contribution is 7.10. The summed E-state index contributed by atoms with van der Waals surface area (Å²) >= 11 is 1.67. The maximum absolute atomic E-state index is 11.9. The lowest BCUT2D eigenvalue weighted by atomic mass is 9.99. The van der Waals surface area contributed by atoms with Gasteiger partial charge in [0.2, 0.25) is 5.91 Å². The third kappa shape index (κ3) is 6.32. The van der Waals surface area contributed by atoms with E-state index in [0.717, 1.165) is 12.0 Å². The minimum Gasteiger partial charge on any atom is -0.368 e. The number of nitrogens with two attached hydrogens (primary N) is 2. The molecule has 0 radical (unpaired) electrons. The molecule has 0 bridgehead atoms. The molecule has 6 heteroatoms. The number of rotatable bonds is 9. The smallest absolute Gasteiger partial charge is 0.275 e. The monoisotopic (exact) mass is 360 g/mol. The molecule has 0 aliphatic carbocycles. The zero-order valence-corrected chi connectivity index (χ0v) is 15.5. The van der Waals surface area contributed by atoms with Crippen molar-refractivity contribution in [3.8, 4) is 0 Å². The quantitative estimate of drug-likeness (QED) is 0.627. The van der Waals surface area contributed by atoms with Crippen molar-refractivity contribution >= 4 is 23.2 Å². The first-order valence-electron chi connectivity index (χ1n) is 8.46. The predicted octanol–water partition coefficient (Wildman–Crippen LogP) is 1.20. The van der Waals surface area contributed by atoms with Gasteiger partial charge in [-0.15, -0.1) is 11.3 Å². The van der Waals surface area contributed by atoms with E-state index in [0.29, 0.717) is 5.92 Å². The molecule has 5 N–H and O–H groups in total. The highest BCUT2D eigenvalue weighted by atomic mass is 32.1. The molecule has 2 aromatic rings. The molecule has 0 spiro atoms. The lowest BCUT2D eigenvalue weighted by Gasteiger charge is -2.15. The topological polar surface area (TPSA) is 88.8 Å². The van der Waals surface area contributed by atoms with Gasteiger partial charge in [-0.2, -0.15) is 0 Å². The van der Waals surface area contributed by atoms with Gasteiger partial charge in [-0.05, 0) is 29.3 Å². The zero-order chi connectivity index (χ0) is 18.2. The number of carbonyl (C=O) groups is 2. The van der Waals surface area contributed by atoms with Crippen LogP contribution in [0.3, 0.4) is 0 Å². The molecule has 0 aliphatic rings. The third-order valence-corrected chi connectivity index (χ3v) is 4.79. The molecular formula is C19H26N3O2S+. The summed E-state index contributed by atoms with van der Waals surface area (Å²) in [6.07, 6.45) is 1.06. The van der Waals surface area contributed by atoms with Crippen LogP contribution in [0.25, 0.3) is 0 Å². The molecule has 1 atom stereocenters. The van der Waals surface area contributed by atoms with Gasteiger partial charge in [0.1, 0.15) is 6.04 Å². The molecule has 0 aliphatic heterocycles. The van der Waals surface area contributed by atoms with E-state index in [1.165, 1.54) is 10.4 Å². The van der Waals surface area contributed by atoms with Crippen LogP contribution < -0.4 is 16.4 Å². The van der Waals surface area contributed by atoms with Crippen molar-refractivity contribution in [2.45, 2.75) is 26.3 Å². The fraction of sp³-hybridized carbons (Fsp3) is 0.368. The number of hydrogen-bond acceptors (Lipinski definition) is 3. The van der Waals surface area contributed by atoms with Gasteiger partial charge >= 0.3 is 0 Å². The number of thiophene rings is 1. The SMILES string of the molecule is CC(C)Cc1ccc([C@@H]([NH2+]CC(=O)NCC(N)=O)c2cccs2)cc1. The largest absolute Gasteiger partial charge is 0.368 e. The number of carbonyl (C=O) groups excluding carboxylic acids is 2. The molecule has 2 rings (SSSR count). The third-order valence-electron chi connectivity index (χ3n) is 3.83. The van der Waals surface area contributed by atoms with Crippen LogP contribution in [0.5, 0.6) is 0 Å². The Kier molecular flexibility index (Phi) is 7.16. The van der Waals surface area contributed by atoms with E-state index in [4.69, 9.17) is 5.73 Å². The number of amides is 2. The second-order valence-electron chi connectivity index (χ2n) is 6.52. The molecule has 0 saturated heterocycles. The summed E-state index contributed by atoms with van der Waals surface area (Å²) in [6.45, 7) is 4.53. The van der Waals surface area contributed by atoms with Crippen molar-refractivity contribution in [1.29, 1.82) is 0 Å². The molecule has 1 heterocycles. The van der Waals surface area contributed by atoms with Gasteiger partial charge in [-0.25, -0.2) is 0 Å². The molecular weight excluding hydrogens is 334 g/mol. The number of primary amides is 1. The molecule has 0 unspecified atom stereocenters. The molecule has 134 valence electrons. The van der Waals surface area contributed by atoms with Crippen molar-refractivity contribution in [2.75, 3.05) is 13.1 Å². The van der Waals surface area contributed by atoms with E-state index in [-0.39, 0.29) is 25.0 Å². The zero-order valence-electron chi connectivity index (χ0n) is 14.7. The van der Waals surface area contributed by atoms with Crippen LogP contribution in [0.4, 0.5) is 0 Å². The summed E-state index contributed by atoms with van der Waals surface area (Å²) in [7, 11) is 0. The van der Waals surface area contributed by atoms with E-state index >= 15 is 0 Å². The Bertz CT molecular complexity index is 681. The first kappa shape index (κ1) is 19.1. The maximum Gasteiger partial charge on any atom is 0.275 e. The molecule has 0 fully saturated rings. The average Bonchev–Trinajstić information content (AvgIpc) is 3.08. The first-order chi connectivity index (χ1) is 12.0. The van der Waals surface area contributed by atoms with Gasteiger partial charge in [-0.3, -0.25) is 9.59 Å². The summed E-state index contributed by atoms with van der Waals surface area (Å²) in [4.78, 5) is 23.8. The van der Waals surface area contributed by atoms with Crippen LogP contribution in [0.15, 0.2) is 41.8 Å². The van der Waals surface area contributed by atoms with E-state index in [2.05, 4.69) is 49.5 Å². The maximum atomic E-state index is 11.9. The molecule has 1 aromatic heterocycles. The molecule has 2 amide bonds. The highest BCUT2D eigenvalue weighted by Crippen LogP contribution is 2.23. The van der Waals surface area contributed by atoms with Gasteiger partial charge in [0.25, 0.3) is 5.91 Å². The Morgan fingerprint density at radius 3 is 2.48 bits per heavy atom. The number of quaternary nitrogens is 1. The Balaban J connectivity index is 2.06. The minimum atomic E-state index is -0.538. The fourth-order valence-corrected chi connectivity index (χ4v) is 3.55. The van der Waals surface area contributed by atoms with Crippen molar-refractivity contribution in [3.63, 3.8) is 0 Å². The standard InChI is InChI=1S/C19H25N3O2S/c1-13(2)10-14-5-7-15(8-6-14)19(16-4-3-9-25-16)22-12-18(24)21-11-17(20)23/h3-9,13,19,22H,10-12H2,1-2H3,(H2,20,23)(H,21,24)/p+1/t19-/m1/s1.